The molecule has 1 N–H and O–H groups in total. The Hall–Kier alpha value is -1.61. The van der Waals surface area contributed by atoms with Crippen LogP contribution in [0.4, 0.5) is 0 Å². The van der Waals surface area contributed by atoms with E-state index in [0.29, 0.717) is 0 Å². The number of ketones is 1. The summed E-state index contributed by atoms with van der Waals surface area (Å²) < 4.78 is 2.03. The summed E-state index contributed by atoms with van der Waals surface area (Å²) in [4.78, 5) is 12.4. The number of Topliss-reactive ketones (excluding diaryl/α,β-unsaturated/α-hetero) is 1. The Bertz CT molecular complexity index is 565. The highest BCUT2D eigenvalue weighted by Gasteiger charge is 2.25. The molecule has 0 radical (unpaired) electrons. The minimum atomic E-state index is 0.154. The smallest absolute Gasteiger partial charge is 0.169 e. The number of carbonyl (C=O) groups is 1. The van der Waals surface area contributed by atoms with E-state index in [9.17, 15) is 4.79 Å². The maximum absolute atomic E-state index is 12.4. The van der Waals surface area contributed by atoms with E-state index in [1.54, 1.807) is 0 Å². The van der Waals surface area contributed by atoms with Crippen molar-refractivity contribution in [1.29, 1.82) is 0 Å². The van der Waals surface area contributed by atoms with Crippen molar-refractivity contribution >= 4 is 16.7 Å². The number of para-hydroxylation sites is 1. The van der Waals surface area contributed by atoms with Crippen LogP contribution in [-0.2, 0) is 7.05 Å². The van der Waals surface area contributed by atoms with Crippen molar-refractivity contribution in [2.45, 2.75) is 6.42 Å². The highest BCUT2D eigenvalue weighted by molar-refractivity contribution is 6.09. The molecule has 1 aromatic carbocycles. The van der Waals surface area contributed by atoms with Gasteiger partial charge in [0.05, 0.1) is 0 Å². The predicted octanol–water partition coefficient (Wildman–Crippen LogP) is 1.97. The SMILES string of the molecule is Cn1cc(C(=O)C2CCNC2)c2ccccc21. The van der Waals surface area contributed by atoms with Crippen LogP contribution in [-0.4, -0.2) is 23.4 Å². The van der Waals surface area contributed by atoms with Crippen molar-refractivity contribution in [1.82, 2.24) is 9.88 Å². The maximum Gasteiger partial charge on any atom is 0.169 e. The Morgan fingerprint density at radius 2 is 2.24 bits per heavy atom. The van der Waals surface area contributed by atoms with Crippen molar-refractivity contribution < 1.29 is 4.79 Å². The zero-order chi connectivity index (χ0) is 11.8. The minimum Gasteiger partial charge on any atom is -0.350 e. The van der Waals surface area contributed by atoms with Gasteiger partial charge in [0.15, 0.2) is 5.78 Å². The van der Waals surface area contributed by atoms with Gasteiger partial charge in [0.2, 0.25) is 0 Å². The largest absolute Gasteiger partial charge is 0.350 e. The lowest BCUT2D eigenvalue weighted by Gasteiger charge is -2.05. The van der Waals surface area contributed by atoms with Gasteiger partial charge in [-0.3, -0.25) is 4.79 Å². The summed E-state index contributed by atoms with van der Waals surface area (Å²) in [5.74, 6) is 0.438. The summed E-state index contributed by atoms with van der Waals surface area (Å²) >= 11 is 0. The lowest BCUT2D eigenvalue weighted by Crippen LogP contribution is -2.17. The van der Waals surface area contributed by atoms with E-state index >= 15 is 0 Å². The molecule has 1 unspecified atom stereocenters. The first-order valence-electron chi connectivity index (χ1n) is 6.06. The van der Waals surface area contributed by atoms with E-state index in [0.717, 1.165) is 36.0 Å². The molecule has 1 fully saturated rings. The summed E-state index contributed by atoms with van der Waals surface area (Å²) in [7, 11) is 1.99. The average molecular weight is 228 g/mol. The van der Waals surface area contributed by atoms with Gasteiger partial charge in [0.1, 0.15) is 0 Å². The van der Waals surface area contributed by atoms with Gasteiger partial charge in [-0.25, -0.2) is 0 Å². The molecule has 1 aliphatic heterocycles. The fraction of sp³-hybridized carbons (Fsp3) is 0.357. The summed E-state index contributed by atoms with van der Waals surface area (Å²) in [5.41, 5.74) is 2.00. The minimum absolute atomic E-state index is 0.154. The number of benzene rings is 1. The van der Waals surface area contributed by atoms with E-state index in [2.05, 4.69) is 11.4 Å². The highest BCUT2D eigenvalue weighted by atomic mass is 16.1. The Balaban J connectivity index is 2.08. The lowest BCUT2D eigenvalue weighted by atomic mass is 9.97. The van der Waals surface area contributed by atoms with E-state index in [1.807, 2.05) is 36.0 Å². The second-order valence-electron chi connectivity index (χ2n) is 4.72. The van der Waals surface area contributed by atoms with Crippen molar-refractivity contribution in [3.05, 3.63) is 36.0 Å². The molecule has 0 bridgehead atoms. The van der Waals surface area contributed by atoms with Gasteiger partial charge in [-0.1, -0.05) is 18.2 Å². The maximum atomic E-state index is 12.4. The van der Waals surface area contributed by atoms with E-state index < -0.39 is 0 Å². The quantitative estimate of drug-likeness (QED) is 0.797. The number of fused-ring (bicyclic) bond motifs is 1. The summed E-state index contributed by atoms with van der Waals surface area (Å²) in [6.07, 6.45) is 2.92. The number of hydrogen-bond donors (Lipinski definition) is 1. The van der Waals surface area contributed by atoms with E-state index in [1.165, 1.54) is 0 Å². The molecule has 0 saturated carbocycles. The molecule has 3 rings (SSSR count). The Labute approximate surface area is 100 Å². The van der Waals surface area contributed by atoms with Crippen molar-refractivity contribution in [3.8, 4) is 0 Å². The molecule has 17 heavy (non-hydrogen) atoms. The van der Waals surface area contributed by atoms with Crippen LogP contribution < -0.4 is 5.32 Å². The van der Waals surface area contributed by atoms with Crippen LogP contribution in [0.5, 0.6) is 0 Å². The molecule has 1 atom stereocenters. The van der Waals surface area contributed by atoms with Gasteiger partial charge in [-0.05, 0) is 19.0 Å². The molecule has 2 heterocycles. The van der Waals surface area contributed by atoms with Gasteiger partial charge in [0.25, 0.3) is 0 Å². The molecule has 1 aliphatic rings. The van der Waals surface area contributed by atoms with Crippen LogP contribution in [0, 0.1) is 5.92 Å². The van der Waals surface area contributed by atoms with Gasteiger partial charge < -0.3 is 9.88 Å². The standard InChI is InChI=1S/C14H16N2O/c1-16-9-12(11-4-2-3-5-13(11)16)14(17)10-6-7-15-8-10/h2-5,9-10,15H,6-8H2,1H3. The number of aromatic nitrogens is 1. The Morgan fingerprint density at radius 3 is 3.00 bits per heavy atom. The monoisotopic (exact) mass is 228 g/mol. The van der Waals surface area contributed by atoms with Gasteiger partial charge in [-0.15, -0.1) is 0 Å². The fourth-order valence-corrected chi connectivity index (χ4v) is 2.64. The topological polar surface area (TPSA) is 34.0 Å². The molecular formula is C14H16N2O. The van der Waals surface area contributed by atoms with Crippen LogP contribution in [0.2, 0.25) is 0 Å². The van der Waals surface area contributed by atoms with Crippen LogP contribution in [0.25, 0.3) is 10.9 Å². The van der Waals surface area contributed by atoms with Crippen LogP contribution in [0.1, 0.15) is 16.8 Å². The van der Waals surface area contributed by atoms with Crippen molar-refractivity contribution in [3.63, 3.8) is 0 Å². The first kappa shape index (κ1) is 10.5. The van der Waals surface area contributed by atoms with Gasteiger partial charge in [-0.2, -0.15) is 0 Å². The summed E-state index contributed by atoms with van der Waals surface area (Å²) in [5, 5.41) is 4.33. The van der Waals surface area contributed by atoms with Crippen molar-refractivity contribution in [2.75, 3.05) is 13.1 Å². The molecule has 0 amide bonds. The van der Waals surface area contributed by atoms with E-state index in [-0.39, 0.29) is 11.7 Å². The third-order valence-corrected chi connectivity index (χ3v) is 3.59. The fourth-order valence-electron chi connectivity index (χ4n) is 2.64. The van der Waals surface area contributed by atoms with Gasteiger partial charge >= 0.3 is 0 Å². The van der Waals surface area contributed by atoms with Crippen LogP contribution in [0.3, 0.4) is 0 Å². The molecule has 2 aromatic rings. The average Bonchev–Trinajstić information content (AvgIpc) is 2.97. The lowest BCUT2D eigenvalue weighted by molar-refractivity contribution is 0.0932. The number of aryl methyl sites for hydroxylation is 1. The van der Waals surface area contributed by atoms with Crippen LogP contribution in [0.15, 0.2) is 30.5 Å². The molecule has 3 heteroatoms. The van der Waals surface area contributed by atoms with Crippen LogP contribution >= 0.6 is 0 Å². The number of nitrogens with zero attached hydrogens (tertiary/aromatic N) is 1. The molecular weight excluding hydrogens is 212 g/mol. The number of hydrogen-bond acceptors (Lipinski definition) is 2. The Morgan fingerprint density at radius 1 is 1.41 bits per heavy atom. The number of nitrogens with one attached hydrogen (secondary N) is 1. The number of carbonyl (C=O) groups excluding carboxylic acids is 1. The molecule has 88 valence electrons. The van der Waals surface area contributed by atoms with E-state index in [4.69, 9.17) is 0 Å². The zero-order valence-electron chi connectivity index (χ0n) is 9.94. The third-order valence-electron chi connectivity index (χ3n) is 3.59. The predicted molar refractivity (Wildman–Crippen MR) is 68.2 cm³/mol. The number of rotatable bonds is 2. The summed E-state index contributed by atoms with van der Waals surface area (Å²) in [6.45, 7) is 1.78. The first-order chi connectivity index (χ1) is 8.27. The molecule has 0 spiro atoms. The zero-order valence-corrected chi connectivity index (χ0v) is 9.94. The molecule has 0 aliphatic carbocycles. The Kier molecular flexibility index (Phi) is 2.48. The second-order valence-corrected chi connectivity index (χ2v) is 4.72. The summed E-state index contributed by atoms with van der Waals surface area (Å²) in [6, 6.07) is 8.09. The third kappa shape index (κ3) is 1.67. The normalized spacial score (nSPS) is 19.9. The van der Waals surface area contributed by atoms with Gasteiger partial charge in [0, 0.05) is 42.2 Å². The van der Waals surface area contributed by atoms with Crippen molar-refractivity contribution in [2.24, 2.45) is 13.0 Å². The highest BCUT2D eigenvalue weighted by Crippen LogP contribution is 2.24. The molecule has 1 aromatic heterocycles. The molecule has 3 nitrogen and oxygen atoms in total. The first-order valence-corrected chi connectivity index (χ1v) is 6.06. The second kappa shape index (κ2) is 4.00. The molecule has 1 saturated heterocycles.